The number of benzene rings is 3. The first-order valence-electron chi connectivity index (χ1n) is 12.4. The summed E-state index contributed by atoms with van der Waals surface area (Å²) in [6.07, 6.45) is 1.19. The minimum Gasteiger partial charge on any atom is -0.451 e. The summed E-state index contributed by atoms with van der Waals surface area (Å²) in [5, 5.41) is 0.418. The monoisotopic (exact) mass is 515 g/mol. The SMILES string of the molecule is C[C@H](OC(=O)c1ccc(N2C(=O)[C@@H]3CC[C@@H](c4ccccc4)C[C@H]3C2=O)cc1)C(=O)c1cccc(Cl)c1. The summed E-state index contributed by atoms with van der Waals surface area (Å²) in [7, 11) is 0. The molecule has 2 fully saturated rings. The second-order valence-corrected chi connectivity index (χ2v) is 10.1. The van der Waals surface area contributed by atoms with Crippen molar-refractivity contribution in [1.82, 2.24) is 0 Å². The van der Waals surface area contributed by atoms with Gasteiger partial charge in [0.25, 0.3) is 0 Å². The predicted octanol–water partition coefficient (Wildman–Crippen LogP) is 5.84. The van der Waals surface area contributed by atoms with E-state index in [0.717, 1.165) is 6.42 Å². The zero-order valence-electron chi connectivity index (χ0n) is 20.3. The van der Waals surface area contributed by atoms with Crippen molar-refractivity contribution in [3.63, 3.8) is 0 Å². The number of hydrogen-bond acceptors (Lipinski definition) is 5. The van der Waals surface area contributed by atoms with Crippen molar-refractivity contribution in [1.29, 1.82) is 0 Å². The molecule has 0 radical (unpaired) electrons. The molecular formula is C30H26ClNO5. The maximum atomic E-state index is 13.3. The van der Waals surface area contributed by atoms with Crippen LogP contribution in [0.3, 0.4) is 0 Å². The topological polar surface area (TPSA) is 80.8 Å². The van der Waals surface area contributed by atoms with Crippen molar-refractivity contribution in [2.75, 3.05) is 4.90 Å². The highest BCUT2D eigenvalue weighted by Gasteiger charge is 2.50. The Morgan fingerprint density at radius 2 is 1.57 bits per heavy atom. The molecular weight excluding hydrogens is 490 g/mol. The summed E-state index contributed by atoms with van der Waals surface area (Å²) >= 11 is 5.95. The maximum absolute atomic E-state index is 13.3. The Bertz CT molecular complexity index is 1350. The summed E-state index contributed by atoms with van der Waals surface area (Å²) in [6.45, 7) is 1.50. The van der Waals surface area contributed by atoms with Gasteiger partial charge in [-0.2, -0.15) is 0 Å². The number of anilines is 1. The number of fused-ring (bicyclic) bond motifs is 1. The average molecular weight is 516 g/mol. The minimum absolute atomic E-state index is 0.183. The van der Waals surface area contributed by atoms with E-state index in [1.165, 1.54) is 35.6 Å². The standard InChI is InChI=1S/C30H26ClNO5/c1-18(27(33)22-8-5-9-23(31)16-22)37-30(36)20-10-13-24(14-11-20)32-28(34)25-15-12-21(17-26(25)29(32)35)19-6-3-2-4-7-19/h2-11,13-14,16,18,21,25-26H,12,15,17H2,1H3/t18-,21+,25+,26+/m0/s1. The molecule has 0 spiro atoms. The van der Waals surface area contributed by atoms with Crippen molar-refractivity contribution in [2.45, 2.75) is 38.2 Å². The third-order valence-electron chi connectivity index (χ3n) is 7.32. The number of nitrogens with zero attached hydrogens (tertiary/aromatic N) is 1. The van der Waals surface area contributed by atoms with Gasteiger partial charge in [0.1, 0.15) is 0 Å². The second-order valence-electron chi connectivity index (χ2n) is 9.61. The number of halogens is 1. The fraction of sp³-hybridized carbons (Fsp3) is 0.267. The normalized spacial score (nSPS) is 21.9. The van der Waals surface area contributed by atoms with E-state index in [2.05, 4.69) is 12.1 Å². The molecule has 3 aromatic rings. The van der Waals surface area contributed by atoms with E-state index >= 15 is 0 Å². The van der Waals surface area contributed by atoms with E-state index in [4.69, 9.17) is 16.3 Å². The molecule has 37 heavy (non-hydrogen) atoms. The molecule has 1 saturated heterocycles. The molecule has 1 aliphatic heterocycles. The minimum atomic E-state index is -1.01. The number of carbonyl (C=O) groups is 4. The third-order valence-corrected chi connectivity index (χ3v) is 7.55. The smallest absolute Gasteiger partial charge is 0.338 e. The zero-order valence-corrected chi connectivity index (χ0v) is 21.1. The van der Waals surface area contributed by atoms with Gasteiger partial charge in [-0.3, -0.25) is 19.3 Å². The lowest BCUT2D eigenvalue weighted by atomic mass is 9.73. The van der Waals surface area contributed by atoms with Gasteiger partial charge in [0.2, 0.25) is 17.6 Å². The molecule has 1 saturated carbocycles. The van der Waals surface area contributed by atoms with Crippen LogP contribution in [-0.2, 0) is 14.3 Å². The van der Waals surface area contributed by atoms with Gasteiger partial charge >= 0.3 is 5.97 Å². The van der Waals surface area contributed by atoms with Crippen LogP contribution < -0.4 is 4.90 Å². The van der Waals surface area contributed by atoms with Crippen LogP contribution in [0.25, 0.3) is 0 Å². The van der Waals surface area contributed by atoms with Gasteiger partial charge in [-0.15, -0.1) is 0 Å². The summed E-state index contributed by atoms with van der Waals surface area (Å²) in [4.78, 5) is 52.9. The largest absolute Gasteiger partial charge is 0.451 e. The highest BCUT2D eigenvalue weighted by molar-refractivity contribution is 6.31. The maximum Gasteiger partial charge on any atom is 0.338 e. The van der Waals surface area contributed by atoms with Crippen molar-refractivity contribution >= 4 is 40.9 Å². The molecule has 0 N–H and O–H groups in total. The van der Waals surface area contributed by atoms with Crippen LogP contribution in [0.15, 0.2) is 78.9 Å². The summed E-state index contributed by atoms with van der Waals surface area (Å²) in [5.74, 6) is -1.80. The highest BCUT2D eigenvalue weighted by atomic mass is 35.5. The van der Waals surface area contributed by atoms with Gasteiger partial charge in [-0.1, -0.05) is 54.1 Å². The molecule has 0 unspecified atom stereocenters. The third kappa shape index (κ3) is 4.94. The number of ketones is 1. The number of esters is 1. The number of imide groups is 1. The van der Waals surface area contributed by atoms with E-state index in [1.807, 2.05) is 18.2 Å². The fourth-order valence-electron chi connectivity index (χ4n) is 5.37. The van der Waals surface area contributed by atoms with Gasteiger partial charge < -0.3 is 4.74 Å². The number of carbonyl (C=O) groups excluding carboxylic acids is 4. The van der Waals surface area contributed by atoms with Gasteiger partial charge in [0.05, 0.1) is 23.1 Å². The van der Waals surface area contributed by atoms with E-state index in [1.54, 1.807) is 30.3 Å². The van der Waals surface area contributed by atoms with Crippen molar-refractivity contribution in [3.05, 3.63) is 101 Å². The molecule has 2 aliphatic rings. The van der Waals surface area contributed by atoms with Crippen molar-refractivity contribution < 1.29 is 23.9 Å². The van der Waals surface area contributed by atoms with Crippen molar-refractivity contribution in [2.24, 2.45) is 11.8 Å². The molecule has 2 amide bonds. The first kappa shape index (κ1) is 24.9. The molecule has 1 heterocycles. The summed E-state index contributed by atoms with van der Waals surface area (Å²) in [6, 6.07) is 22.7. The highest BCUT2D eigenvalue weighted by Crippen LogP contribution is 2.45. The van der Waals surface area contributed by atoms with E-state index in [9.17, 15) is 19.2 Å². The van der Waals surface area contributed by atoms with Crippen LogP contribution in [0.2, 0.25) is 5.02 Å². The van der Waals surface area contributed by atoms with Crippen LogP contribution in [0.5, 0.6) is 0 Å². The molecule has 0 aromatic heterocycles. The molecule has 188 valence electrons. The number of amides is 2. The molecule has 5 rings (SSSR count). The molecule has 4 atom stereocenters. The molecule has 6 nitrogen and oxygen atoms in total. The van der Waals surface area contributed by atoms with E-state index in [0.29, 0.717) is 29.1 Å². The number of hydrogen-bond donors (Lipinski definition) is 0. The van der Waals surface area contributed by atoms with E-state index < -0.39 is 12.1 Å². The lowest BCUT2D eigenvalue weighted by Crippen LogP contribution is -2.31. The zero-order chi connectivity index (χ0) is 26.1. The Morgan fingerprint density at radius 3 is 2.27 bits per heavy atom. The molecule has 0 bridgehead atoms. The molecule has 3 aromatic carbocycles. The van der Waals surface area contributed by atoms with Gasteiger partial charge in [0.15, 0.2) is 6.10 Å². The van der Waals surface area contributed by atoms with Crippen LogP contribution in [0.4, 0.5) is 5.69 Å². The van der Waals surface area contributed by atoms with E-state index in [-0.39, 0.29) is 40.9 Å². The lowest BCUT2D eigenvalue weighted by molar-refractivity contribution is -0.122. The fourth-order valence-corrected chi connectivity index (χ4v) is 5.56. The number of rotatable bonds is 6. The predicted molar refractivity (Wildman–Crippen MR) is 140 cm³/mol. The molecule has 7 heteroatoms. The Hall–Kier alpha value is -3.77. The number of ether oxygens (including phenoxy) is 1. The quantitative estimate of drug-likeness (QED) is 0.234. The number of Topliss-reactive ketones (excluding diaryl/α,β-unsaturated/α-hetero) is 1. The van der Waals surface area contributed by atoms with Crippen molar-refractivity contribution in [3.8, 4) is 0 Å². The van der Waals surface area contributed by atoms with Gasteiger partial charge in [0, 0.05) is 10.6 Å². The van der Waals surface area contributed by atoms with Gasteiger partial charge in [-0.25, -0.2) is 4.79 Å². The van der Waals surface area contributed by atoms with Crippen LogP contribution in [0, 0.1) is 11.8 Å². The Morgan fingerprint density at radius 1 is 0.865 bits per heavy atom. The summed E-state index contributed by atoms with van der Waals surface area (Å²) in [5.41, 5.74) is 2.20. The first-order chi connectivity index (χ1) is 17.8. The first-order valence-corrected chi connectivity index (χ1v) is 12.7. The van der Waals surface area contributed by atoms with Crippen LogP contribution >= 0.6 is 11.6 Å². The Labute approximate surface area is 220 Å². The second kappa shape index (κ2) is 10.3. The molecule has 1 aliphatic carbocycles. The Kier molecular flexibility index (Phi) is 6.94. The van der Waals surface area contributed by atoms with Crippen LogP contribution in [-0.4, -0.2) is 29.7 Å². The Balaban J connectivity index is 1.26. The van der Waals surface area contributed by atoms with Gasteiger partial charge in [-0.05, 0) is 74.1 Å². The summed E-state index contributed by atoms with van der Waals surface area (Å²) < 4.78 is 5.35. The lowest BCUT2D eigenvalue weighted by Gasteiger charge is -2.28. The average Bonchev–Trinajstić information content (AvgIpc) is 3.17. The van der Waals surface area contributed by atoms with Crippen LogP contribution in [0.1, 0.15) is 58.4 Å².